The van der Waals surface area contributed by atoms with Gasteiger partial charge in [-0.3, -0.25) is 4.79 Å². The lowest BCUT2D eigenvalue weighted by Gasteiger charge is -2.15. The molecule has 1 atom stereocenters. The molecule has 0 saturated heterocycles. The topological polar surface area (TPSA) is 83.5 Å². The number of nitrogens with one attached hydrogen (secondary N) is 1. The van der Waals surface area contributed by atoms with Crippen LogP contribution in [-0.4, -0.2) is 25.5 Å². The number of carbonyl (C=O) groups is 1. The van der Waals surface area contributed by atoms with Crippen LogP contribution in [0.2, 0.25) is 0 Å². The van der Waals surface area contributed by atoms with Crippen LogP contribution in [0.5, 0.6) is 0 Å². The van der Waals surface area contributed by atoms with E-state index in [0.29, 0.717) is 6.42 Å². The molecular weight excluding hydrogens is 266 g/mol. The Bertz CT molecular complexity index is 539. The van der Waals surface area contributed by atoms with E-state index in [4.69, 9.17) is 5.11 Å². The Morgan fingerprint density at radius 3 is 2.58 bits per heavy atom. The van der Waals surface area contributed by atoms with Crippen LogP contribution in [0.25, 0.3) is 0 Å². The first kappa shape index (κ1) is 15.7. The lowest BCUT2D eigenvalue weighted by atomic mass is 10.2. The molecular formula is C13H19NO4S. The molecule has 19 heavy (non-hydrogen) atoms. The molecule has 0 saturated carbocycles. The normalized spacial score (nSPS) is 13.2. The number of hydrogen-bond donors (Lipinski definition) is 2. The first-order chi connectivity index (χ1) is 8.89. The van der Waals surface area contributed by atoms with Gasteiger partial charge in [0, 0.05) is 6.04 Å². The number of hydrogen-bond acceptors (Lipinski definition) is 3. The summed E-state index contributed by atoms with van der Waals surface area (Å²) in [5.41, 5.74) is 0.925. The lowest BCUT2D eigenvalue weighted by Crippen LogP contribution is -2.36. The van der Waals surface area contributed by atoms with Crippen molar-refractivity contribution in [3.8, 4) is 0 Å². The van der Waals surface area contributed by atoms with E-state index in [1.807, 2.05) is 13.0 Å². The van der Waals surface area contributed by atoms with Gasteiger partial charge in [0.2, 0.25) is 10.0 Å². The molecule has 2 N–H and O–H groups in total. The van der Waals surface area contributed by atoms with Gasteiger partial charge in [-0.25, -0.2) is 13.1 Å². The van der Waals surface area contributed by atoms with Crippen LogP contribution in [0, 0.1) is 0 Å². The van der Waals surface area contributed by atoms with Crippen LogP contribution < -0.4 is 4.72 Å². The van der Waals surface area contributed by atoms with Gasteiger partial charge in [-0.2, -0.15) is 0 Å². The van der Waals surface area contributed by atoms with Crippen molar-refractivity contribution in [2.24, 2.45) is 0 Å². The Balaban J connectivity index is 2.93. The maximum atomic E-state index is 12.1. The summed E-state index contributed by atoms with van der Waals surface area (Å²) >= 11 is 0. The van der Waals surface area contributed by atoms with E-state index in [2.05, 4.69) is 4.72 Å². The highest BCUT2D eigenvalue weighted by Gasteiger charge is 2.20. The third-order valence-electron chi connectivity index (χ3n) is 2.85. The van der Waals surface area contributed by atoms with Gasteiger partial charge in [-0.15, -0.1) is 0 Å². The number of carboxylic acid groups (broad SMARTS) is 1. The van der Waals surface area contributed by atoms with Crippen molar-refractivity contribution in [2.75, 3.05) is 0 Å². The van der Waals surface area contributed by atoms with Gasteiger partial charge in [0.15, 0.2) is 0 Å². The highest BCUT2D eigenvalue weighted by atomic mass is 32.2. The van der Waals surface area contributed by atoms with Crippen LogP contribution >= 0.6 is 0 Å². The smallest absolute Gasteiger partial charge is 0.304 e. The van der Waals surface area contributed by atoms with Crippen molar-refractivity contribution in [1.82, 2.24) is 4.72 Å². The van der Waals surface area contributed by atoms with Crippen molar-refractivity contribution < 1.29 is 18.3 Å². The molecule has 1 rings (SSSR count). The van der Waals surface area contributed by atoms with Gasteiger partial charge in [-0.1, -0.05) is 26.0 Å². The fourth-order valence-electron chi connectivity index (χ4n) is 1.70. The average Bonchev–Trinajstić information content (AvgIpc) is 2.37. The third-order valence-corrected chi connectivity index (χ3v) is 4.37. The summed E-state index contributed by atoms with van der Waals surface area (Å²) in [6.07, 6.45) is 0.956. The molecule has 6 heteroatoms. The van der Waals surface area contributed by atoms with Crippen molar-refractivity contribution in [2.45, 2.75) is 44.0 Å². The zero-order valence-corrected chi connectivity index (χ0v) is 11.9. The van der Waals surface area contributed by atoms with E-state index in [1.54, 1.807) is 19.1 Å². The Hall–Kier alpha value is -1.40. The summed E-state index contributed by atoms with van der Waals surface area (Å²) < 4.78 is 26.7. The third kappa shape index (κ3) is 4.65. The molecule has 0 radical (unpaired) electrons. The first-order valence-corrected chi connectivity index (χ1v) is 7.70. The highest BCUT2D eigenvalue weighted by Crippen LogP contribution is 2.13. The summed E-state index contributed by atoms with van der Waals surface area (Å²) in [4.78, 5) is 10.8. The summed E-state index contributed by atoms with van der Waals surface area (Å²) in [7, 11) is -3.66. The van der Waals surface area contributed by atoms with Crippen molar-refractivity contribution in [3.63, 3.8) is 0 Å². The Kier molecular flexibility index (Phi) is 5.50. The molecule has 0 aromatic heterocycles. The lowest BCUT2D eigenvalue weighted by molar-refractivity contribution is -0.137. The quantitative estimate of drug-likeness (QED) is 0.800. The number of aryl methyl sites for hydroxylation is 1. The maximum Gasteiger partial charge on any atom is 0.304 e. The van der Waals surface area contributed by atoms with E-state index < -0.39 is 22.0 Å². The van der Waals surface area contributed by atoms with E-state index in [-0.39, 0.29) is 11.3 Å². The number of carboxylic acids is 1. The standard InChI is InChI=1S/C13H19NO4S/c1-3-10-6-5-7-12(8-10)19(17,18)14-11(4-2)9-13(15)16/h5-8,11,14H,3-4,9H2,1-2H3,(H,15,16)/t11-/m0/s1. The first-order valence-electron chi connectivity index (χ1n) is 6.22. The summed E-state index contributed by atoms with van der Waals surface area (Å²) in [5, 5.41) is 8.73. The molecule has 0 aliphatic rings. The Morgan fingerprint density at radius 1 is 1.37 bits per heavy atom. The molecule has 0 spiro atoms. The van der Waals surface area contributed by atoms with Gasteiger partial charge < -0.3 is 5.11 Å². The van der Waals surface area contributed by atoms with Crippen molar-refractivity contribution in [1.29, 1.82) is 0 Å². The second-order valence-electron chi connectivity index (χ2n) is 4.33. The molecule has 1 aromatic rings. The minimum atomic E-state index is -3.66. The molecule has 0 fully saturated rings. The molecule has 1 aromatic carbocycles. The van der Waals surface area contributed by atoms with Gasteiger partial charge >= 0.3 is 5.97 Å². The van der Waals surface area contributed by atoms with Gasteiger partial charge in [-0.05, 0) is 30.5 Å². The van der Waals surface area contributed by atoms with Crippen molar-refractivity contribution in [3.05, 3.63) is 29.8 Å². The number of rotatable bonds is 7. The number of aliphatic carboxylic acids is 1. The van der Waals surface area contributed by atoms with Crippen LogP contribution in [0.1, 0.15) is 32.3 Å². The van der Waals surface area contributed by atoms with Gasteiger partial charge in [0.1, 0.15) is 0 Å². The van der Waals surface area contributed by atoms with Gasteiger partial charge in [0.25, 0.3) is 0 Å². The molecule has 0 unspecified atom stereocenters. The van der Waals surface area contributed by atoms with Crippen molar-refractivity contribution >= 4 is 16.0 Å². The average molecular weight is 285 g/mol. The second kappa shape index (κ2) is 6.68. The van der Waals surface area contributed by atoms with Crippen LogP contribution in [0.4, 0.5) is 0 Å². The molecule has 0 heterocycles. The summed E-state index contributed by atoms with van der Waals surface area (Å²) in [5.74, 6) is -1.02. The maximum absolute atomic E-state index is 12.1. The molecule has 0 bridgehead atoms. The molecule has 0 aliphatic heterocycles. The zero-order chi connectivity index (χ0) is 14.5. The zero-order valence-electron chi connectivity index (χ0n) is 11.1. The van der Waals surface area contributed by atoms with E-state index in [9.17, 15) is 13.2 Å². The fourth-order valence-corrected chi connectivity index (χ4v) is 3.09. The minimum Gasteiger partial charge on any atom is -0.481 e. The SMILES string of the molecule is CCc1cccc(S(=O)(=O)N[C@@H](CC)CC(=O)O)c1. The largest absolute Gasteiger partial charge is 0.481 e. The summed E-state index contributed by atoms with van der Waals surface area (Å²) in [6.45, 7) is 3.69. The predicted octanol–water partition coefficient (Wildman–Crippen LogP) is 1.78. The Morgan fingerprint density at radius 2 is 2.05 bits per heavy atom. The molecule has 5 nitrogen and oxygen atoms in total. The van der Waals surface area contributed by atoms with Crippen LogP contribution in [0.3, 0.4) is 0 Å². The number of sulfonamides is 1. The molecule has 0 amide bonds. The van der Waals surface area contributed by atoms with Gasteiger partial charge in [0.05, 0.1) is 11.3 Å². The second-order valence-corrected chi connectivity index (χ2v) is 6.04. The fraction of sp³-hybridized carbons (Fsp3) is 0.462. The van der Waals surface area contributed by atoms with Crippen LogP contribution in [0.15, 0.2) is 29.2 Å². The van der Waals surface area contributed by atoms with E-state index >= 15 is 0 Å². The predicted molar refractivity (Wildman–Crippen MR) is 72.5 cm³/mol. The monoisotopic (exact) mass is 285 g/mol. The minimum absolute atomic E-state index is 0.177. The summed E-state index contributed by atoms with van der Waals surface area (Å²) in [6, 6.07) is 6.07. The highest BCUT2D eigenvalue weighted by molar-refractivity contribution is 7.89. The van der Waals surface area contributed by atoms with E-state index in [0.717, 1.165) is 12.0 Å². The van der Waals surface area contributed by atoms with Crippen LogP contribution in [-0.2, 0) is 21.2 Å². The Labute approximate surface area is 113 Å². The number of benzene rings is 1. The molecule has 106 valence electrons. The van der Waals surface area contributed by atoms with E-state index in [1.165, 1.54) is 6.07 Å². The molecule has 0 aliphatic carbocycles.